The number of carbonyl (C=O) groups excluding carboxylic acids is 9. The number of amides is 9. The van der Waals surface area contributed by atoms with Gasteiger partial charge in [-0.2, -0.15) is 0 Å². The quantitative estimate of drug-likeness (QED) is 0.0378. The van der Waals surface area contributed by atoms with Crippen LogP contribution in [0.2, 0.25) is 0 Å². The number of anilines is 1. The number of aliphatic hydroxyl groups is 6. The van der Waals surface area contributed by atoms with Crippen molar-refractivity contribution in [2.45, 2.75) is 236 Å². The number of likely N-dealkylation sites (N-methyl/N-ethyl adjacent to an activating group) is 2. The number of hydrogen-bond donors (Lipinski definition) is 15. The summed E-state index contributed by atoms with van der Waals surface area (Å²) in [5.41, 5.74) is 0.923. The number of aliphatic carboxylic acids is 3. The zero-order valence-electron chi connectivity index (χ0n) is 65.2. The number of benzene rings is 2. The van der Waals surface area contributed by atoms with Gasteiger partial charge in [-0.25, -0.2) is 14.4 Å². The lowest BCUT2D eigenvalue weighted by atomic mass is 9.89. The molecule has 3 aliphatic heterocycles. The summed E-state index contributed by atoms with van der Waals surface area (Å²) >= 11 is 0. The predicted octanol–water partition coefficient (Wildman–Crippen LogP) is -1.05. The number of aliphatic hydroxyl groups excluding tert-OH is 6. The molecule has 0 aliphatic carbocycles. The maximum absolute atomic E-state index is 15.0. The van der Waals surface area contributed by atoms with E-state index in [1.807, 2.05) is 13.8 Å². The van der Waals surface area contributed by atoms with E-state index in [9.17, 15) is 98.4 Å². The van der Waals surface area contributed by atoms with Crippen LogP contribution in [0.15, 0.2) is 54.6 Å². The molecule has 2 aromatic carbocycles. The van der Waals surface area contributed by atoms with Crippen LogP contribution in [0.4, 0.5) is 10.5 Å². The number of carboxylic acids is 3. The molecule has 15 N–H and O–H groups in total. The fourth-order valence-corrected chi connectivity index (χ4v) is 13.4. The molecule has 2 aromatic rings. The van der Waals surface area contributed by atoms with Crippen LogP contribution in [0.5, 0.6) is 0 Å². The lowest BCUT2D eigenvalue weighted by Crippen LogP contribution is -2.61. The molecule has 37 nitrogen and oxygen atoms in total. The summed E-state index contributed by atoms with van der Waals surface area (Å²) < 4.78 is 47.7. The number of nitrogens with zero attached hydrogens (tertiary/aromatic N) is 3. The lowest BCUT2D eigenvalue weighted by Gasteiger charge is -2.41. The van der Waals surface area contributed by atoms with Gasteiger partial charge in [-0.3, -0.25) is 48.1 Å². The van der Waals surface area contributed by atoms with E-state index in [4.69, 9.17) is 39.6 Å². The minimum absolute atomic E-state index is 0.0747. The molecule has 0 saturated carbocycles. The Labute approximate surface area is 639 Å². The van der Waals surface area contributed by atoms with Crippen molar-refractivity contribution in [2.24, 2.45) is 29.6 Å². The second-order valence-corrected chi connectivity index (χ2v) is 28.8. The number of nitrogens with one attached hydrogen (secondary N) is 6. The van der Waals surface area contributed by atoms with E-state index >= 15 is 0 Å². The van der Waals surface area contributed by atoms with Gasteiger partial charge in [0.15, 0.2) is 24.8 Å². The highest BCUT2D eigenvalue weighted by atomic mass is 16.7. The number of carbonyl (C=O) groups is 12. The van der Waals surface area contributed by atoms with E-state index in [2.05, 4.69) is 31.9 Å². The molecule has 616 valence electrons. The van der Waals surface area contributed by atoms with Crippen molar-refractivity contribution in [2.75, 3.05) is 53.3 Å². The van der Waals surface area contributed by atoms with E-state index in [0.29, 0.717) is 36.9 Å². The van der Waals surface area contributed by atoms with E-state index in [1.54, 1.807) is 83.8 Å². The zero-order chi connectivity index (χ0) is 83.3. The van der Waals surface area contributed by atoms with Crippen molar-refractivity contribution in [3.05, 3.63) is 65.7 Å². The standard InChI is InChI=1S/C73H111N9O28/c1-15-37(8)53(45(104-13)30-48(85)82-29-19-22-44(82)60(105-14)38(9)64(94)75-39(10)61(41-20-17-16-18-21-41)108-72-59(93)55(89)57(91)63(110-72)70(101)102)80(11)68(98)51(35(4)5)79-67(97)52(36(6)7)81(12)73(103)107-32-40-23-25-42(26-24-40)76-65(95)43(33-106-71-58(92)54(88)56(90)62(109-71)69(99)100)77-66(96)50(34(2)3)78-47(84)31-74-46(83)27-28-49(86)87/h16-18,20-21,23-26,34-39,43-45,50-63,71-72,88-93H,15,19,22,27-33H2,1-14H3,(H,74,83)(H,75,94)(H,76,95)(H,77,96)(H,78,84)(H,79,97)(H,86,87)(H,99,100)(H,101,102)/t37-,38+,39+,43-,44-,45+,50-,51-,52-,53-,54-,55-,56-,57-,58+,59+,60+,61+,62-,63-,71+,72+/m0/s1/i27T/t27?,37-,38+,39+,43-,44-,45+,50-,51-,52-,53-,54-,55-,56-,57-,58+,59+,60+,61+,62-,63-,71+,72+. The summed E-state index contributed by atoms with van der Waals surface area (Å²) in [6.07, 6.45) is -25.0. The third-order valence-electron chi connectivity index (χ3n) is 19.7. The van der Waals surface area contributed by atoms with Crippen LogP contribution in [0.25, 0.3) is 0 Å². The first-order valence-electron chi connectivity index (χ1n) is 36.9. The van der Waals surface area contributed by atoms with Crippen molar-refractivity contribution in [3.63, 3.8) is 0 Å². The first-order chi connectivity index (χ1) is 52.1. The summed E-state index contributed by atoms with van der Waals surface area (Å²) in [5, 5.41) is 106. The molecule has 3 heterocycles. The van der Waals surface area contributed by atoms with Gasteiger partial charge < -0.3 is 121 Å². The summed E-state index contributed by atoms with van der Waals surface area (Å²) in [4.78, 5) is 164. The molecule has 9 amide bonds. The molecule has 5 rings (SSSR count). The average molecular weight is 1560 g/mol. The minimum Gasteiger partial charge on any atom is -0.481 e. The van der Waals surface area contributed by atoms with Gasteiger partial charge in [0, 0.05) is 48.3 Å². The predicted molar refractivity (Wildman–Crippen MR) is 386 cm³/mol. The van der Waals surface area contributed by atoms with Crippen LogP contribution < -0.4 is 31.9 Å². The summed E-state index contributed by atoms with van der Waals surface area (Å²) in [7, 11) is 5.75. The molecule has 23 atom stereocenters. The molecular weight excluding hydrogens is 1450 g/mol. The Balaban J connectivity index is 1.24. The van der Waals surface area contributed by atoms with Gasteiger partial charge in [0.05, 0.1) is 62.2 Å². The molecular formula is C73H111N9O28. The van der Waals surface area contributed by atoms with Crippen LogP contribution in [0, 0.1) is 29.6 Å². The van der Waals surface area contributed by atoms with E-state index in [-0.39, 0.29) is 30.5 Å². The Morgan fingerprint density at radius 2 is 1.23 bits per heavy atom. The summed E-state index contributed by atoms with van der Waals surface area (Å²) in [5.74, 6) is -13.9. The van der Waals surface area contributed by atoms with Gasteiger partial charge in [0.2, 0.25) is 47.3 Å². The topological polar surface area (TPSA) is 533 Å². The average Bonchev–Trinajstić information content (AvgIpc) is 1.36. The Hall–Kier alpha value is -8.60. The van der Waals surface area contributed by atoms with Crippen molar-refractivity contribution >= 4 is 76.9 Å². The fraction of sp³-hybridized carbons (Fsp3) is 0.671. The summed E-state index contributed by atoms with van der Waals surface area (Å²) in [6.45, 7) is 15.1. The van der Waals surface area contributed by atoms with Gasteiger partial charge >= 0.3 is 24.0 Å². The van der Waals surface area contributed by atoms with Gasteiger partial charge in [-0.1, -0.05) is 111 Å². The maximum atomic E-state index is 15.0. The number of hydrogen-bond acceptors (Lipinski definition) is 25. The zero-order valence-corrected chi connectivity index (χ0v) is 64.2. The molecule has 110 heavy (non-hydrogen) atoms. The van der Waals surface area contributed by atoms with Crippen LogP contribution in [-0.2, 0) is 92.5 Å². The lowest BCUT2D eigenvalue weighted by molar-refractivity contribution is -0.307. The molecule has 3 aliphatic rings. The smallest absolute Gasteiger partial charge is 0.410 e. The highest BCUT2D eigenvalue weighted by Gasteiger charge is 2.51. The monoisotopic (exact) mass is 1560 g/mol. The number of methoxy groups -OCH3 is 2. The third kappa shape index (κ3) is 24.7. The highest BCUT2D eigenvalue weighted by molar-refractivity contribution is 5.99. The van der Waals surface area contributed by atoms with Crippen molar-refractivity contribution in [1.29, 1.82) is 0 Å². The van der Waals surface area contributed by atoms with Crippen molar-refractivity contribution in [1.82, 2.24) is 41.3 Å². The SMILES string of the molecule is [3H]C(CC(=O)O)C(=O)NCC(=O)N[C@H](C(=O)N[C@@H](CO[C@@H]1O[C@H](C(=O)O)[C@@H](O)[C@H](O)[C@H]1O)C(=O)Nc1ccc(COC(=O)N(C)[C@H](C(=O)N[C@H](C(=O)N(C)[C@@H]([C@@H](C)CC)[C@@H](CC(=O)N2CCC[C@H]2[C@H](OC)[C@@H](C)C(=O)N[C@H](C)[C@@H](O[C@@H]2O[C@H](C(=O)O)[C@@H](O)[C@H](O)[C@H]2O)c2ccccc2)OC)C(C)C)C(C)C)cc1)C(C)C. The van der Waals surface area contributed by atoms with Crippen molar-refractivity contribution < 1.29 is 138 Å². The molecule has 3 saturated heterocycles. The second kappa shape index (κ2) is 42.7. The number of carboxylic acid groups (broad SMARTS) is 3. The molecule has 0 spiro atoms. The Morgan fingerprint density at radius 1 is 0.645 bits per heavy atom. The molecule has 0 radical (unpaired) electrons. The normalized spacial score (nSPS) is 24.7. The highest BCUT2D eigenvalue weighted by Crippen LogP contribution is 2.34. The largest absolute Gasteiger partial charge is 0.481 e. The Morgan fingerprint density at radius 3 is 1.76 bits per heavy atom. The van der Waals surface area contributed by atoms with Crippen molar-refractivity contribution in [3.8, 4) is 0 Å². The Bertz CT molecular complexity index is 3470. The number of rotatable bonds is 40. The minimum atomic E-state index is -2.11. The summed E-state index contributed by atoms with van der Waals surface area (Å²) in [6, 6.07) is 6.27. The first-order valence-corrected chi connectivity index (χ1v) is 36.3. The first kappa shape index (κ1) is 90.3. The van der Waals surface area contributed by atoms with Crippen LogP contribution in [0.3, 0.4) is 0 Å². The van der Waals surface area contributed by atoms with Gasteiger partial charge in [-0.05, 0) is 66.7 Å². The van der Waals surface area contributed by atoms with Gasteiger partial charge in [0.25, 0.3) is 0 Å². The van der Waals surface area contributed by atoms with E-state index in [0.717, 1.165) is 4.90 Å². The Kier molecular flexibility index (Phi) is 35.1. The van der Waals surface area contributed by atoms with E-state index in [1.165, 1.54) is 64.3 Å². The maximum Gasteiger partial charge on any atom is 0.410 e. The van der Waals surface area contributed by atoms with Gasteiger partial charge in [0.1, 0.15) is 73.5 Å². The number of ether oxygens (including phenoxy) is 7. The molecule has 3 fully saturated rings. The fourth-order valence-electron chi connectivity index (χ4n) is 13.4. The van der Waals surface area contributed by atoms with E-state index < -0.39 is 237 Å². The van der Waals surface area contributed by atoms with Crippen LogP contribution in [0.1, 0.15) is 126 Å². The third-order valence-corrected chi connectivity index (χ3v) is 19.7. The second-order valence-electron chi connectivity index (χ2n) is 28.8. The molecule has 37 heteroatoms. The molecule has 0 bridgehead atoms. The van der Waals surface area contributed by atoms with Gasteiger partial charge in [-0.15, -0.1) is 0 Å². The van der Waals surface area contributed by atoms with Crippen LogP contribution in [-0.4, -0.2) is 296 Å². The van der Waals surface area contributed by atoms with Crippen LogP contribution >= 0.6 is 0 Å². The molecule has 0 aromatic heterocycles. The molecule has 1 unspecified atom stereocenters. The number of likely N-dealkylation sites (tertiary alicyclic amines) is 1.